The Hall–Kier alpha value is -0.590. The summed E-state index contributed by atoms with van der Waals surface area (Å²) in [5, 5.41) is 0. The third kappa shape index (κ3) is 0.808. The van der Waals surface area contributed by atoms with Crippen LogP contribution in [0.25, 0.3) is 0 Å². The molecular weight excluding hydrogens is 100 g/mol. The number of hydrogen-bond donors (Lipinski definition) is 0. The molecule has 0 radical (unpaired) electrons. The molecule has 44 valence electrons. The van der Waals surface area contributed by atoms with Gasteiger partial charge in [-0.1, -0.05) is 13.0 Å². The van der Waals surface area contributed by atoms with Crippen molar-refractivity contribution in [2.45, 2.75) is 20.3 Å². The van der Waals surface area contributed by atoms with Crippen molar-refractivity contribution in [3.63, 3.8) is 0 Å². The third-order valence-corrected chi connectivity index (χ3v) is 1.48. The van der Waals surface area contributed by atoms with Gasteiger partial charge in [-0.3, -0.25) is 4.79 Å². The highest BCUT2D eigenvalue weighted by atomic mass is 16.1. The maximum absolute atomic E-state index is 10.7. The maximum Gasteiger partial charge on any atom is 0.158 e. The second-order valence-corrected chi connectivity index (χ2v) is 2.45. The Bertz CT molecular complexity index is 144. The first kappa shape index (κ1) is 5.54. The molecule has 0 N–H and O–H groups in total. The Balaban J connectivity index is 2.73. The zero-order valence-corrected chi connectivity index (χ0v) is 5.27. The fourth-order valence-corrected chi connectivity index (χ4v) is 1.03. The normalized spacial score (nSPS) is 28.5. The van der Waals surface area contributed by atoms with Crippen molar-refractivity contribution in [3.8, 4) is 0 Å². The number of carbonyl (C=O) groups is 1. The summed E-state index contributed by atoms with van der Waals surface area (Å²) in [4.78, 5) is 10.7. The highest BCUT2D eigenvalue weighted by Crippen LogP contribution is 2.18. The van der Waals surface area contributed by atoms with Gasteiger partial charge in [-0.25, -0.2) is 0 Å². The number of hydrogen-bond acceptors (Lipinski definition) is 1. The molecule has 1 nitrogen and oxygen atoms in total. The first-order chi connectivity index (χ1) is 3.70. The van der Waals surface area contributed by atoms with E-state index in [0.29, 0.717) is 11.7 Å². The standard InChI is InChI=1S/C7H10O/c1-5-3-6(2)7(8)4-5/h3,5H,4H2,1-2H3/t5-/m1/s1. The van der Waals surface area contributed by atoms with Gasteiger partial charge in [0.25, 0.3) is 0 Å². The topological polar surface area (TPSA) is 17.1 Å². The van der Waals surface area contributed by atoms with Gasteiger partial charge in [0.1, 0.15) is 0 Å². The predicted molar refractivity (Wildman–Crippen MR) is 32.5 cm³/mol. The van der Waals surface area contributed by atoms with Gasteiger partial charge >= 0.3 is 0 Å². The molecule has 1 rings (SSSR count). The van der Waals surface area contributed by atoms with E-state index < -0.39 is 0 Å². The van der Waals surface area contributed by atoms with Crippen molar-refractivity contribution in [3.05, 3.63) is 11.6 Å². The van der Waals surface area contributed by atoms with Crippen molar-refractivity contribution in [2.75, 3.05) is 0 Å². The van der Waals surface area contributed by atoms with E-state index >= 15 is 0 Å². The zero-order valence-electron chi connectivity index (χ0n) is 5.27. The highest BCUT2D eigenvalue weighted by Gasteiger charge is 2.15. The van der Waals surface area contributed by atoms with Crippen LogP contribution in [-0.4, -0.2) is 5.78 Å². The lowest BCUT2D eigenvalue weighted by Gasteiger charge is -1.88. The van der Waals surface area contributed by atoms with Gasteiger partial charge < -0.3 is 0 Å². The van der Waals surface area contributed by atoms with Gasteiger partial charge in [-0.15, -0.1) is 0 Å². The molecule has 0 heterocycles. The molecule has 0 fully saturated rings. The molecule has 1 aliphatic rings. The molecule has 0 aromatic carbocycles. The molecule has 1 atom stereocenters. The minimum absolute atomic E-state index is 0.317. The molecule has 0 saturated carbocycles. The van der Waals surface area contributed by atoms with Crippen LogP contribution in [0, 0.1) is 5.92 Å². The largest absolute Gasteiger partial charge is 0.295 e. The van der Waals surface area contributed by atoms with Gasteiger partial charge in [-0.05, 0) is 18.4 Å². The molecule has 1 aliphatic carbocycles. The number of allylic oxidation sites excluding steroid dienone is 2. The molecular formula is C7H10O. The fourth-order valence-electron chi connectivity index (χ4n) is 1.03. The Kier molecular flexibility index (Phi) is 1.20. The minimum Gasteiger partial charge on any atom is -0.295 e. The molecule has 0 aromatic heterocycles. The van der Waals surface area contributed by atoms with E-state index in [1.807, 2.05) is 13.0 Å². The molecule has 1 heteroatoms. The van der Waals surface area contributed by atoms with Crippen LogP contribution in [0.5, 0.6) is 0 Å². The average molecular weight is 110 g/mol. The average Bonchev–Trinajstić information content (AvgIpc) is 1.85. The smallest absolute Gasteiger partial charge is 0.158 e. The fraction of sp³-hybridized carbons (Fsp3) is 0.571. The predicted octanol–water partition coefficient (Wildman–Crippen LogP) is 1.54. The van der Waals surface area contributed by atoms with Crippen molar-refractivity contribution in [2.24, 2.45) is 5.92 Å². The van der Waals surface area contributed by atoms with Gasteiger partial charge in [-0.2, -0.15) is 0 Å². The van der Waals surface area contributed by atoms with Crippen LogP contribution in [-0.2, 0) is 4.79 Å². The summed E-state index contributed by atoms with van der Waals surface area (Å²) in [7, 11) is 0. The number of Topliss-reactive ketones (excluding diaryl/α,β-unsaturated/α-hetero) is 1. The second kappa shape index (κ2) is 1.73. The molecule has 0 spiro atoms. The quantitative estimate of drug-likeness (QED) is 0.462. The van der Waals surface area contributed by atoms with E-state index in [9.17, 15) is 4.79 Å². The first-order valence-electron chi connectivity index (χ1n) is 2.92. The highest BCUT2D eigenvalue weighted by molar-refractivity contribution is 5.97. The van der Waals surface area contributed by atoms with Crippen LogP contribution >= 0.6 is 0 Å². The molecule has 0 aliphatic heterocycles. The Morgan fingerprint density at radius 1 is 1.75 bits per heavy atom. The summed E-state index contributed by atoms with van der Waals surface area (Å²) in [6, 6.07) is 0. The lowest BCUT2D eigenvalue weighted by molar-refractivity contribution is -0.115. The summed E-state index contributed by atoms with van der Waals surface area (Å²) in [6.07, 6.45) is 2.76. The molecule has 8 heavy (non-hydrogen) atoms. The van der Waals surface area contributed by atoms with Gasteiger partial charge in [0.2, 0.25) is 0 Å². The minimum atomic E-state index is 0.317. The lowest BCUT2D eigenvalue weighted by atomic mass is 10.2. The molecule has 0 unspecified atom stereocenters. The van der Waals surface area contributed by atoms with Gasteiger partial charge in [0.15, 0.2) is 5.78 Å². The van der Waals surface area contributed by atoms with E-state index in [-0.39, 0.29) is 0 Å². The Labute approximate surface area is 49.4 Å². The van der Waals surface area contributed by atoms with E-state index in [4.69, 9.17) is 0 Å². The van der Waals surface area contributed by atoms with E-state index in [2.05, 4.69) is 6.92 Å². The number of ketones is 1. The second-order valence-electron chi connectivity index (χ2n) is 2.45. The van der Waals surface area contributed by atoms with Crippen molar-refractivity contribution < 1.29 is 4.79 Å². The van der Waals surface area contributed by atoms with E-state index in [0.717, 1.165) is 12.0 Å². The molecule has 0 bridgehead atoms. The Morgan fingerprint density at radius 2 is 2.38 bits per heavy atom. The van der Waals surface area contributed by atoms with Crippen LogP contribution in [0.15, 0.2) is 11.6 Å². The first-order valence-corrected chi connectivity index (χ1v) is 2.92. The monoisotopic (exact) mass is 110 g/mol. The van der Waals surface area contributed by atoms with Crippen molar-refractivity contribution in [1.29, 1.82) is 0 Å². The van der Waals surface area contributed by atoms with Crippen LogP contribution in [0.1, 0.15) is 20.3 Å². The maximum atomic E-state index is 10.7. The SMILES string of the molecule is CC1=C[C@@H](C)CC1=O. The summed E-state index contributed by atoms with van der Waals surface area (Å²) in [6.45, 7) is 3.94. The van der Waals surface area contributed by atoms with Crippen molar-refractivity contribution >= 4 is 5.78 Å². The van der Waals surface area contributed by atoms with Crippen LogP contribution < -0.4 is 0 Å². The zero-order chi connectivity index (χ0) is 6.15. The van der Waals surface area contributed by atoms with E-state index in [1.54, 1.807) is 0 Å². The summed E-state index contributed by atoms with van der Waals surface area (Å²) in [5.74, 6) is 0.806. The molecule has 0 aromatic rings. The third-order valence-electron chi connectivity index (χ3n) is 1.48. The van der Waals surface area contributed by atoms with Crippen LogP contribution in [0.4, 0.5) is 0 Å². The van der Waals surface area contributed by atoms with Gasteiger partial charge in [0, 0.05) is 6.42 Å². The van der Waals surface area contributed by atoms with E-state index in [1.165, 1.54) is 0 Å². The molecule has 0 amide bonds. The number of rotatable bonds is 0. The van der Waals surface area contributed by atoms with Gasteiger partial charge in [0.05, 0.1) is 0 Å². The number of carbonyl (C=O) groups excluding carboxylic acids is 1. The summed E-state index contributed by atoms with van der Waals surface area (Å²) < 4.78 is 0. The van der Waals surface area contributed by atoms with Crippen LogP contribution in [0.2, 0.25) is 0 Å². The lowest BCUT2D eigenvalue weighted by Crippen LogP contribution is -1.92. The Morgan fingerprint density at radius 3 is 2.50 bits per heavy atom. The molecule has 0 saturated heterocycles. The summed E-state index contributed by atoms with van der Waals surface area (Å²) in [5.41, 5.74) is 0.942. The van der Waals surface area contributed by atoms with Crippen molar-refractivity contribution in [1.82, 2.24) is 0 Å². The summed E-state index contributed by atoms with van der Waals surface area (Å²) >= 11 is 0. The van der Waals surface area contributed by atoms with Crippen LogP contribution in [0.3, 0.4) is 0 Å².